The van der Waals surface area contributed by atoms with Gasteiger partial charge in [-0.3, -0.25) is 19.5 Å². The molecule has 10 heteroatoms. The highest BCUT2D eigenvalue weighted by atomic mass is 16.6. The minimum atomic E-state index is -0.886. The minimum absolute atomic E-state index is 0.0207. The lowest BCUT2D eigenvalue weighted by Crippen LogP contribution is -2.43. The maximum absolute atomic E-state index is 12.5. The highest BCUT2D eigenvalue weighted by Gasteiger charge is 2.32. The number of phenolic OH excluding ortho intramolecular Hbond substituents is 1. The molecule has 0 aliphatic carbocycles. The summed E-state index contributed by atoms with van der Waals surface area (Å²) < 4.78 is 11.8. The van der Waals surface area contributed by atoms with Crippen molar-refractivity contribution in [3.8, 4) is 5.75 Å². The van der Waals surface area contributed by atoms with Gasteiger partial charge in [-0.1, -0.05) is 6.08 Å². The molecule has 2 aromatic rings. The van der Waals surface area contributed by atoms with Crippen molar-refractivity contribution in [2.24, 2.45) is 0 Å². The molecule has 2 aliphatic rings. The van der Waals surface area contributed by atoms with Crippen molar-refractivity contribution in [1.29, 1.82) is 0 Å². The summed E-state index contributed by atoms with van der Waals surface area (Å²) in [5, 5.41) is 13.0. The molecule has 2 aliphatic heterocycles. The summed E-state index contributed by atoms with van der Waals surface area (Å²) in [6.07, 6.45) is 2.19. The molecule has 1 fully saturated rings. The van der Waals surface area contributed by atoms with E-state index < -0.39 is 29.4 Å². The van der Waals surface area contributed by atoms with E-state index in [1.54, 1.807) is 37.8 Å². The Bertz CT molecular complexity index is 1200. The predicted molar refractivity (Wildman–Crippen MR) is 114 cm³/mol. The Kier molecular flexibility index (Phi) is 5.31. The Hall–Kier alpha value is -3.56. The third-order valence-electron chi connectivity index (χ3n) is 5.48. The molecule has 1 unspecified atom stereocenters. The summed E-state index contributed by atoms with van der Waals surface area (Å²) >= 11 is 0. The number of ether oxygens (including phenoxy) is 1. The Morgan fingerprint density at radius 3 is 2.59 bits per heavy atom. The van der Waals surface area contributed by atoms with E-state index in [4.69, 9.17) is 9.15 Å². The van der Waals surface area contributed by atoms with Crippen LogP contribution in [0.25, 0.3) is 16.7 Å². The van der Waals surface area contributed by atoms with E-state index in [2.05, 4.69) is 5.32 Å². The van der Waals surface area contributed by atoms with Gasteiger partial charge >= 0.3 is 11.8 Å². The second-order valence-corrected chi connectivity index (χ2v) is 8.92. The molecule has 1 atom stereocenters. The average Bonchev–Trinajstić information content (AvgIpc) is 3.04. The number of aromatic nitrogens is 1. The first-order valence-corrected chi connectivity index (χ1v) is 10.4. The van der Waals surface area contributed by atoms with Crippen LogP contribution < -0.4 is 11.1 Å². The molecule has 3 amide bonds. The van der Waals surface area contributed by atoms with Crippen molar-refractivity contribution >= 4 is 34.6 Å². The van der Waals surface area contributed by atoms with Gasteiger partial charge in [0, 0.05) is 25.1 Å². The van der Waals surface area contributed by atoms with Gasteiger partial charge in [0.05, 0.1) is 5.52 Å². The Labute approximate surface area is 183 Å². The number of aromatic hydroxyl groups is 1. The number of piperidine rings is 1. The SMILES string of the molecule is CC(C)(C)OC(=O)N1CC=C(c2ccc3c(oc(=O)n3C3CCC(=O)NC3=O)c2O)CC1. The van der Waals surface area contributed by atoms with Crippen molar-refractivity contribution in [1.82, 2.24) is 14.8 Å². The first kappa shape index (κ1) is 21.7. The highest BCUT2D eigenvalue weighted by Crippen LogP contribution is 2.36. The zero-order chi connectivity index (χ0) is 23.2. The smallest absolute Gasteiger partial charge is 0.420 e. The number of imide groups is 1. The third kappa shape index (κ3) is 4.00. The molecule has 1 aromatic heterocycles. The number of nitrogens with zero attached hydrogens (tertiary/aromatic N) is 2. The summed E-state index contributed by atoms with van der Waals surface area (Å²) in [6.45, 7) is 6.15. The number of hydrogen-bond donors (Lipinski definition) is 2. The maximum atomic E-state index is 12.5. The molecule has 0 radical (unpaired) electrons. The normalized spacial score (nSPS) is 19.7. The van der Waals surface area contributed by atoms with E-state index in [-0.39, 0.29) is 35.6 Å². The number of amides is 3. The molecule has 10 nitrogen and oxygen atoms in total. The fourth-order valence-corrected chi connectivity index (χ4v) is 3.97. The number of oxazole rings is 1. The van der Waals surface area contributed by atoms with E-state index >= 15 is 0 Å². The Morgan fingerprint density at radius 2 is 1.97 bits per heavy atom. The molecular formula is C22H25N3O7. The lowest BCUT2D eigenvalue weighted by molar-refractivity contribution is -0.135. The summed E-state index contributed by atoms with van der Waals surface area (Å²) in [4.78, 5) is 50.0. The molecular weight excluding hydrogens is 418 g/mol. The van der Waals surface area contributed by atoms with Gasteiger partial charge in [0.2, 0.25) is 11.8 Å². The van der Waals surface area contributed by atoms with Gasteiger partial charge in [-0.05, 0) is 51.3 Å². The summed E-state index contributed by atoms with van der Waals surface area (Å²) in [5.41, 5.74) is 0.966. The van der Waals surface area contributed by atoms with Crippen LogP contribution >= 0.6 is 0 Å². The van der Waals surface area contributed by atoms with Crippen LogP contribution in [0.1, 0.15) is 51.6 Å². The molecule has 1 aromatic carbocycles. The van der Waals surface area contributed by atoms with Crippen molar-refractivity contribution in [3.63, 3.8) is 0 Å². The van der Waals surface area contributed by atoms with Gasteiger partial charge in [-0.2, -0.15) is 0 Å². The molecule has 2 N–H and O–H groups in total. The van der Waals surface area contributed by atoms with E-state index in [9.17, 15) is 24.3 Å². The second kappa shape index (κ2) is 7.85. The first-order chi connectivity index (χ1) is 15.0. The average molecular weight is 443 g/mol. The van der Waals surface area contributed by atoms with E-state index in [1.165, 1.54) is 4.57 Å². The number of benzene rings is 1. The predicted octanol–water partition coefficient (Wildman–Crippen LogP) is 2.30. The highest BCUT2D eigenvalue weighted by molar-refractivity contribution is 6.00. The fraction of sp³-hybridized carbons (Fsp3) is 0.455. The van der Waals surface area contributed by atoms with Crippen molar-refractivity contribution in [2.75, 3.05) is 13.1 Å². The number of carbonyl (C=O) groups is 3. The van der Waals surface area contributed by atoms with Crippen molar-refractivity contribution < 1.29 is 28.6 Å². The van der Waals surface area contributed by atoms with Crippen molar-refractivity contribution in [2.45, 2.75) is 51.7 Å². The van der Waals surface area contributed by atoms with Gasteiger partial charge in [0.25, 0.3) is 0 Å². The summed E-state index contributed by atoms with van der Waals surface area (Å²) in [7, 11) is 0. The Morgan fingerprint density at radius 1 is 1.22 bits per heavy atom. The monoisotopic (exact) mass is 443 g/mol. The van der Waals surface area contributed by atoms with Crippen LogP contribution in [0.4, 0.5) is 4.79 Å². The van der Waals surface area contributed by atoms with Gasteiger partial charge in [-0.15, -0.1) is 0 Å². The number of fused-ring (bicyclic) bond motifs is 1. The number of carbonyl (C=O) groups excluding carboxylic acids is 3. The van der Waals surface area contributed by atoms with Crippen LogP contribution in [-0.2, 0) is 14.3 Å². The summed E-state index contributed by atoms with van der Waals surface area (Å²) in [5.74, 6) is -1.95. The molecule has 0 bridgehead atoms. The first-order valence-electron chi connectivity index (χ1n) is 10.4. The lowest BCUT2D eigenvalue weighted by Gasteiger charge is -2.29. The largest absolute Gasteiger partial charge is 0.504 e. The molecule has 0 saturated carbocycles. The van der Waals surface area contributed by atoms with Crippen LogP contribution in [-0.4, -0.2) is 51.2 Å². The van der Waals surface area contributed by atoms with Crippen LogP contribution in [0, 0.1) is 0 Å². The number of rotatable bonds is 2. The van der Waals surface area contributed by atoms with E-state index in [1.807, 2.05) is 6.08 Å². The van der Waals surface area contributed by atoms with Gasteiger partial charge in [0.1, 0.15) is 11.6 Å². The second-order valence-electron chi connectivity index (χ2n) is 8.92. The molecule has 3 heterocycles. The number of nitrogens with one attached hydrogen (secondary N) is 1. The molecule has 170 valence electrons. The number of phenols is 1. The maximum Gasteiger partial charge on any atom is 0.420 e. The van der Waals surface area contributed by atoms with E-state index in [0.29, 0.717) is 25.1 Å². The number of hydrogen-bond acceptors (Lipinski definition) is 7. The van der Waals surface area contributed by atoms with Gasteiger partial charge in [-0.25, -0.2) is 9.59 Å². The topological polar surface area (TPSA) is 131 Å². The molecule has 32 heavy (non-hydrogen) atoms. The van der Waals surface area contributed by atoms with Crippen LogP contribution in [0.15, 0.2) is 27.4 Å². The molecule has 1 saturated heterocycles. The molecule has 0 spiro atoms. The zero-order valence-electron chi connectivity index (χ0n) is 18.1. The van der Waals surface area contributed by atoms with Gasteiger partial charge < -0.3 is 19.2 Å². The Balaban J connectivity index is 1.62. The molecule has 4 rings (SSSR count). The quantitative estimate of drug-likeness (QED) is 0.681. The van der Waals surface area contributed by atoms with Crippen LogP contribution in [0.3, 0.4) is 0 Å². The zero-order valence-corrected chi connectivity index (χ0v) is 18.1. The van der Waals surface area contributed by atoms with Crippen molar-refractivity contribution in [3.05, 3.63) is 34.3 Å². The van der Waals surface area contributed by atoms with E-state index in [0.717, 1.165) is 5.57 Å². The minimum Gasteiger partial charge on any atom is -0.504 e. The lowest BCUT2D eigenvalue weighted by atomic mass is 9.98. The van der Waals surface area contributed by atoms with Crippen LogP contribution in [0.5, 0.6) is 5.75 Å². The fourth-order valence-electron chi connectivity index (χ4n) is 3.97. The van der Waals surface area contributed by atoms with Gasteiger partial charge in [0.15, 0.2) is 11.3 Å². The standard InChI is InChI=1S/C22H25N3O7/c1-22(2,3)32-20(29)24-10-8-12(9-11-24)13-4-5-14-18(17(13)27)31-21(30)25(14)15-6-7-16(26)23-19(15)28/h4-5,8,15,27H,6-7,9-11H2,1-3H3,(H,23,26,28). The summed E-state index contributed by atoms with van der Waals surface area (Å²) in [6, 6.07) is 2.38. The third-order valence-corrected chi connectivity index (χ3v) is 5.48. The van der Waals surface area contributed by atoms with Crippen LogP contribution in [0.2, 0.25) is 0 Å².